The summed E-state index contributed by atoms with van der Waals surface area (Å²) < 4.78 is 0. The quantitative estimate of drug-likeness (QED) is 0.212. The second-order valence-electron chi connectivity index (χ2n) is 0. The predicted octanol–water partition coefficient (Wildman–Crippen LogP) is -22.8. The van der Waals surface area contributed by atoms with E-state index in [1.54, 1.807) is 0 Å². The zero-order chi connectivity index (χ0) is 0. The molecule has 0 N–H and O–H groups in total. The first-order chi connectivity index (χ1) is 0. The maximum Gasteiger partial charge on any atom is 2.00 e. The van der Waals surface area contributed by atoms with Crippen molar-refractivity contribution in [2.24, 2.45) is 0 Å². The van der Waals surface area contributed by atoms with Crippen LogP contribution < -0.4 is 0 Å². The molecule has 0 bridgehead atoms. The minimum absolute atomic E-state index is 0. The molecule has 0 aromatic heterocycles. The van der Waals surface area contributed by atoms with Crippen LogP contribution >= 0.6 is 0 Å². The molecule has 0 fully saturated rings. The van der Waals surface area contributed by atoms with E-state index in [9.17, 15) is 0 Å². The minimum atomic E-state index is 0. The summed E-state index contributed by atoms with van der Waals surface area (Å²) in [4.78, 5) is 0. The first-order valence-electron chi connectivity index (χ1n) is 0. The summed E-state index contributed by atoms with van der Waals surface area (Å²) in [6.07, 6.45) is 0. The van der Waals surface area contributed by atoms with Crippen LogP contribution in [0.3, 0.4) is 0 Å². The summed E-state index contributed by atoms with van der Waals surface area (Å²) in [5.41, 5.74) is 0. The third-order valence-electron chi connectivity index (χ3n) is 0. The van der Waals surface area contributed by atoms with E-state index >= 15 is 0 Å². The molecule has 0 aromatic rings. The van der Waals surface area contributed by atoms with E-state index in [1.165, 1.54) is 0 Å². The summed E-state index contributed by atoms with van der Waals surface area (Å²) >= 11 is 0. The minimum Gasteiger partial charge on any atom is 2.00 e. The van der Waals surface area contributed by atoms with E-state index in [0.717, 1.165) is 0 Å². The van der Waals surface area contributed by atoms with Gasteiger partial charge in [-0.1, -0.05) is 0 Å². The molecule has 0 aliphatic rings. The molecule has 0 saturated heterocycles. The van der Waals surface area contributed by atoms with Gasteiger partial charge in [0.15, 0.2) is 0 Å². The first kappa shape index (κ1) is 430. The molecule has 0 valence electrons. The van der Waals surface area contributed by atoms with Crippen LogP contribution in [0.25, 0.3) is 0 Å². The van der Waals surface area contributed by atoms with E-state index in [2.05, 4.69) is 0 Å². The fraction of sp³-hybridized carbons (Fsp3) is 0. The maximum absolute atomic E-state index is 0. The molecule has 0 unspecified atom stereocenters. The van der Waals surface area contributed by atoms with Crippen molar-refractivity contribution in [3.8, 4) is 0 Å². The standard InChI is InChI=1S/60Ca/q60*+2. The second-order valence-corrected chi connectivity index (χ2v) is 0. The number of hydrogen-bond acceptors (Lipinski definition) is 0. The molecular formula is Ca60+120. The summed E-state index contributed by atoms with van der Waals surface area (Å²) in [6, 6.07) is 0. The van der Waals surface area contributed by atoms with Gasteiger partial charge in [0.1, 0.15) is 0 Å². The molecule has 0 radical (unpaired) electrons. The summed E-state index contributed by atoms with van der Waals surface area (Å²) in [6.45, 7) is 0. The Labute approximate surface area is 2170 Å². The molecule has 0 aliphatic heterocycles. The van der Waals surface area contributed by atoms with Crippen molar-refractivity contribution in [1.29, 1.82) is 0 Å². The van der Waals surface area contributed by atoms with Crippen molar-refractivity contribution in [2.75, 3.05) is 0 Å². The number of hydrogen-bond donors (Lipinski definition) is 0. The van der Waals surface area contributed by atoms with Gasteiger partial charge in [-0.15, -0.1) is 0 Å². The summed E-state index contributed by atoms with van der Waals surface area (Å²) in [7, 11) is 0. The molecule has 0 nitrogen and oxygen atoms in total. The Morgan fingerprint density at radius 2 is 0.0167 bits per heavy atom. The van der Waals surface area contributed by atoms with Gasteiger partial charge in [0.05, 0.1) is 0 Å². The number of rotatable bonds is 0. The van der Waals surface area contributed by atoms with Gasteiger partial charge < -0.3 is 0 Å². The first-order valence-corrected chi connectivity index (χ1v) is 0. The van der Waals surface area contributed by atoms with Crippen molar-refractivity contribution >= 4 is 2260 Å². The zero-order valence-electron chi connectivity index (χ0n) is 42.4. The topological polar surface area (TPSA) is 0 Å². The van der Waals surface area contributed by atoms with Crippen LogP contribution in [-0.2, 0) is 0 Å². The molecule has 0 rings (SSSR count). The van der Waals surface area contributed by atoms with Crippen LogP contribution in [0.2, 0.25) is 0 Å². The molecular weight excluding hydrogens is 2400 g/mol. The normalized spacial score (nSPS) is 0. The molecule has 60 heavy (non-hydrogen) atoms. The Morgan fingerprint density at radius 1 is 0.0167 bits per heavy atom. The van der Waals surface area contributed by atoms with E-state index in [4.69, 9.17) is 0 Å². The van der Waals surface area contributed by atoms with Gasteiger partial charge in [-0.25, -0.2) is 0 Å². The average molecular weight is 2400 g/mol. The third-order valence-corrected chi connectivity index (χ3v) is 0. The SMILES string of the molecule is [Ca+2].[Ca+2].[Ca+2].[Ca+2].[Ca+2].[Ca+2].[Ca+2].[Ca+2].[Ca+2].[Ca+2].[Ca+2].[Ca+2].[Ca+2].[Ca+2].[Ca+2].[Ca+2].[Ca+2].[Ca+2].[Ca+2].[Ca+2].[Ca+2].[Ca+2].[Ca+2].[Ca+2].[Ca+2].[Ca+2].[Ca+2].[Ca+2].[Ca+2].[Ca+2].[Ca+2].[Ca+2].[Ca+2].[Ca+2].[Ca+2].[Ca+2].[Ca+2].[Ca+2].[Ca+2].[Ca+2].[Ca+2].[Ca+2].[Ca+2].[Ca+2].[Ca+2].[Ca+2].[Ca+2].[Ca+2].[Ca+2].[Ca+2].[Ca+2].[Ca+2].[Ca+2].[Ca+2].[Ca+2].[Ca+2].[Ca+2].[Ca+2].[Ca+2].[Ca+2]. The van der Waals surface area contributed by atoms with Crippen LogP contribution in [-0.4, -0.2) is 2260 Å². The van der Waals surface area contributed by atoms with E-state index in [-0.39, 0.29) is 2260 Å². The summed E-state index contributed by atoms with van der Waals surface area (Å²) in [5, 5.41) is 0. The van der Waals surface area contributed by atoms with Gasteiger partial charge in [0.2, 0.25) is 0 Å². The van der Waals surface area contributed by atoms with Gasteiger partial charge in [0.25, 0.3) is 0 Å². The van der Waals surface area contributed by atoms with Crippen molar-refractivity contribution in [2.45, 2.75) is 0 Å². The summed E-state index contributed by atoms with van der Waals surface area (Å²) in [5.74, 6) is 0. The van der Waals surface area contributed by atoms with Crippen LogP contribution in [0.15, 0.2) is 0 Å². The predicted molar refractivity (Wildman–Crippen MR) is 345 cm³/mol. The second kappa shape index (κ2) is 420. The maximum atomic E-state index is 0. The van der Waals surface area contributed by atoms with Crippen LogP contribution in [0.1, 0.15) is 0 Å². The van der Waals surface area contributed by atoms with Crippen molar-refractivity contribution in [1.82, 2.24) is 0 Å². The van der Waals surface area contributed by atoms with Crippen LogP contribution in [0.5, 0.6) is 0 Å². The van der Waals surface area contributed by atoms with E-state index < -0.39 is 0 Å². The van der Waals surface area contributed by atoms with Gasteiger partial charge in [-0.05, 0) is 0 Å². The Kier molecular flexibility index (Phi) is 3010. The van der Waals surface area contributed by atoms with Crippen LogP contribution in [0.4, 0.5) is 0 Å². The van der Waals surface area contributed by atoms with Crippen molar-refractivity contribution in [3.63, 3.8) is 0 Å². The molecule has 0 amide bonds. The molecule has 0 aromatic carbocycles. The van der Waals surface area contributed by atoms with Gasteiger partial charge in [-0.3, -0.25) is 0 Å². The fourth-order valence-electron chi connectivity index (χ4n) is 0. The monoisotopic (exact) mass is 2400 g/mol. The van der Waals surface area contributed by atoms with Gasteiger partial charge in [0, 0.05) is 0 Å². The molecule has 0 atom stereocenters. The van der Waals surface area contributed by atoms with E-state index in [1.807, 2.05) is 0 Å². The Balaban J connectivity index is 0. The Morgan fingerprint density at radius 3 is 0.0167 bits per heavy atom. The van der Waals surface area contributed by atoms with Gasteiger partial charge in [-0.2, -0.15) is 0 Å². The largest absolute Gasteiger partial charge is 2.00 e. The molecule has 0 spiro atoms. The van der Waals surface area contributed by atoms with Crippen molar-refractivity contribution in [3.05, 3.63) is 0 Å². The van der Waals surface area contributed by atoms with Crippen LogP contribution in [0, 0.1) is 0 Å². The molecule has 0 aliphatic carbocycles. The average Bonchev–Trinajstić information content (AvgIpc) is 0. The molecule has 0 saturated carbocycles. The Hall–Kier alpha value is 75.6. The third kappa shape index (κ3) is 411. The smallest absolute Gasteiger partial charge is 2.00 e. The zero-order valence-corrected chi connectivity index (χ0v) is 175. The molecule has 60 heteroatoms. The fourth-order valence-corrected chi connectivity index (χ4v) is 0. The van der Waals surface area contributed by atoms with Crippen molar-refractivity contribution < 1.29 is 0 Å². The van der Waals surface area contributed by atoms with Gasteiger partial charge >= 0.3 is 2260 Å². The Bertz CT molecular complexity index is 0. The van der Waals surface area contributed by atoms with E-state index in [0.29, 0.717) is 0 Å². The molecule has 0 heterocycles.